The lowest BCUT2D eigenvalue weighted by Crippen LogP contribution is -2.59. The first-order chi connectivity index (χ1) is 11.4. The summed E-state index contributed by atoms with van der Waals surface area (Å²) in [7, 11) is 0. The van der Waals surface area contributed by atoms with Gasteiger partial charge in [0.25, 0.3) is 11.8 Å². The second-order valence-corrected chi connectivity index (χ2v) is 7.38. The van der Waals surface area contributed by atoms with Crippen LogP contribution in [0.15, 0.2) is 42.4 Å². The van der Waals surface area contributed by atoms with Crippen LogP contribution >= 0.6 is 31.9 Å². The minimum absolute atomic E-state index is 0.125. The highest BCUT2D eigenvalue weighted by Gasteiger charge is 2.36. The van der Waals surface area contributed by atoms with Crippen LogP contribution < -0.4 is 0 Å². The molecule has 1 fully saturated rings. The molecular formula is C16H16Br2N2O4. The van der Waals surface area contributed by atoms with Crippen LogP contribution in [0.2, 0.25) is 0 Å². The molecule has 0 saturated carbocycles. The maximum atomic E-state index is 12.6. The molecule has 6 nitrogen and oxygen atoms in total. The molecule has 2 aromatic heterocycles. The van der Waals surface area contributed by atoms with Crippen LogP contribution in [0, 0.1) is 0 Å². The molecule has 0 radical (unpaired) electrons. The number of piperazine rings is 1. The van der Waals surface area contributed by atoms with Crippen molar-refractivity contribution in [1.29, 1.82) is 0 Å². The fourth-order valence-electron chi connectivity index (χ4n) is 2.83. The van der Waals surface area contributed by atoms with Gasteiger partial charge in [0.05, 0.1) is 0 Å². The van der Waals surface area contributed by atoms with Crippen LogP contribution in [-0.2, 0) is 0 Å². The molecule has 1 aliphatic heterocycles. The third-order valence-electron chi connectivity index (χ3n) is 4.08. The number of hydrogen-bond acceptors (Lipinski definition) is 4. The number of nitrogens with zero attached hydrogens (tertiary/aromatic N) is 2. The summed E-state index contributed by atoms with van der Waals surface area (Å²) in [6.45, 7) is 4.71. The second kappa shape index (κ2) is 6.76. The summed E-state index contributed by atoms with van der Waals surface area (Å²) in [5.74, 6) is 0.229. The van der Waals surface area contributed by atoms with Crippen LogP contribution in [0.25, 0.3) is 0 Å². The topological polar surface area (TPSA) is 66.9 Å². The van der Waals surface area contributed by atoms with Crippen LogP contribution in [0.3, 0.4) is 0 Å². The molecule has 0 bridgehead atoms. The van der Waals surface area contributed by atoms with Gasteiger partial charge in [-0.25, -0.2) is 0 Å². The van der Waals surface area contributed by atoms with Crippen molar-refractivity contribution in [2.24, 2.45) is 0 Å². The van der Waals surface area contributed by atoms with Crippen molar-refractivity contribution in [3.63, 3.8) is 0 Å². The van der Waals surface area contributed by atoms with Gasteiger partial charge >= 0.3 is 0 Å². The van der Waals surface area contributed by atoms with E-state index in [4.69, 9.17) is 8.83 Å². The minimum Gasteiger partial charge on any atom is -0.444 e. The van der Waals surface area contributed by atoms with Crippen molar-refractivity contribution in [2.75, 3.05) is 13.1 Å². The number of carbonyl (C=O) groups is 2. The van der Waals surface area contributed by atoms with Crippen molar-refractivity contribution in [2.45, 2.75) is 25.9 Å². The zero-order chi connectivity index (χ0) is 17.4. The van der Waals surface area contributed by atoms with Gasteiger partial charge in [-0.3, -0.25) is 9.59 Å². The van der Waals surface area contributed by atoms with Gasteiger partial charge in [-0.15, -0.1) is 0 Å². The van der Waals surface area contributed by atoms with E-state index in [9.17, 15) is 9.59 Å². The molecule has 2 aromatic rings. The van der Waals surface area contributed by atoms with Gasteiger partial charge < -0.3 is 18.6 Å². The third-order valence-corrected chi connectivity index (χ3v) is 4.93. The predicted molar refractivity (Wildman–Crippen MR) is 93.8 cm³/mol. The van der Waals surface area contributed by atoms with E-state index in [1.54, 1.807) is 34.1 Å². The van der Waals surface area contributed by atoms with E-state index in [0.717, 1.165) is 0 Å². The summed E-state index contributed by atoms with van der Waals surface area (Å²) in [6.07, 6.45) is 0. The Hall–Kier alpha value is -1.54. The van der Waals surface area contributed by atoms with Crippen LogP contribution in [0.5, 0.6) is 0 Å². The first-order valence-corrected chi connectivity index (χ1v) is 9.08. The lowest BCUT2D eigenvalue weighted by atomic mass is 10.1. The first kappa shape index (κ1) is 17.3. The fourth-order valence-corrected chi connectivity index (χ4v) is 3.45. The van der Waals surface area contributed by atoms with Crippen molar-refractivity contribution < 1.29 is 18.4 Å². The average Bonchev–Trinajstić information content (AvgIpc) is 3.16. The molecule has 128 valence electrons. The molecule has 0 aliphatic carbocycles. The lowest BCUT2D eigenvalue weighted by Gasteiger charge is -2.43. The van der Waals surface area contributed by atoms with Gasteiger partial charge in [0.15, 0.2) is 20.9 Å². The summed E-state index contributed by atoms with van der Waals surface area (Å²) in [4.78, 5) is 28.7. The fraction of sp³-hybridized carbons (Fsp3) is 0.375. The second-order valence-electron chi connectivity index (χ2n) is 5.82. The monoisotopic (exact) mass is 458 g/mol. The van der Waals surface area contributed by atoms with E-state index in [-0.39, 0.29) is 35.4 Å². The Morgan fingerprint density at radius 2 is 1.25 bits per heavy atom. The standard InChI is InChI=1S/C16H16Br2N2O4/c1-9-7-20(16(22)12-4-6-14(18)24-12)10(2)8-19(9)15(21)11-3-5-13(17)23-11/h3-6,9-10H,7-8H2,1-2H3/t9-,10-/m1/s1. The molecule has 1 aliphatic rings. The van der Waals surface area contributed by atoms with E-state index in [0.29, 0.717) is 22.4 Å². The minimum atomic E-state index is -0.173. The largest absolute Gasteiger partial charge is 0.444 e. The molecular weight excluding hydrogens is 444 g/mol. The summed E-state index contributed by atoms with van der Waals surface area (Å²) < 4.78 is 11.7. The summed E-state index contributed by atoms with van der Waals surface area (Å²) in [5, 5.41) is 0. The van der Waals surface area contributed by atoms with Crippen LogP contribution in [0.4, 0.5) is 0 Å². The Bertz CT molecular complexity index is 705. The van der Waals surface area contributed by atoms with Gasteiger partial charge in [0.2, 0.25) is 0 Å². The first-order valence-electron chi connectivity index (χ1n) is 7.49. The molecule has 1 saturated heterocycles. The quantitative estimate of drug-likeness (QED) is 0.685. The van der Waals surface area contributed by atoms with Crippen LogP contribution in [-0.4, -0.2) is 46.8 Å². The maximum Gasteiger partial charge on any atom is 0.289 e. The molecule has 3 rings (SSSR count). The summed E-state index contributed by atoms with van der Waals surface area (Å²) in [6, 6.07) is 6.41. The third kappa shape index (κ3) is 3.30. The Morgan fingerprint density at radius 1 is 0.875 bits per heavy atom. The molecule has 8 heteroatoms. The molecule has 0 unspecified atom stereocenters. The van der Waals surface area contributed by atoms with Crippen LogP contribution in [0.1, 0.15) is 35.0 Å². The van der Waals surface area contributed by atoms with E-state index >= 15 is 0 Å². The van der Waals surface area contributed by atoms with E-state index in [1.807, 2.05) is 13.8 Å². The molecule has 2 atom stereocenters. The van der Waals surface area contributed by atoms with E-state index in [1.165, 1.54) is 0 Å². The maximum absolute atomic E-state index is 12.6. The van der Waals surface area contributed by atoms with Crippen molar-refractivity contribution >= 4 is 43.7 Å². The molecule has 0 aromatic carbocycles. The number of amides is 2. The number of halogens is 2. The Balaban J connectivity index is 1.74. The van der Waals surface area contributed by atoms with E-state index < -0.39 is 0 Å². The van der Waals surface area contributed by atoms with E-state index in [2.05, 4.69) is 31.9 Å². The molecule has 0 spiro atoms. The van der Waals surface area contributed by atoms with Gasteiger partial charge in [-0.2, -0.15) is 0 Å². The predicted octanol–water partition coefficient (Wildman–Crippen LogP) is 3.77. The van der Waals surface area contributed by atoms with Gasteiger partial charge in [-0.1, -0.05) is 0 Å². The zero-order valence-corrected chi connectivity index (χ0v) is 16.3. The SMILES string of the molecule is C[C@@H]1CN(C(=O)c2ccc(Br)o2)[C@H](C)CN1C(=O)c1ccc(Br)o1. The Morgan fingerprint density at radius 3 is 1.54 bits per heavy atom. The highest BCUT2D eigenvalue weighted by atomic mass is 79.9. The highest BCUT2D eigenvalue weighted by Crippen LogP contribution is 2.23. The number of carbonyl (C=O) groups excluding carboxylic acids is 2. The Kier molecular flexibility index (Phi) is 4.87. The lowest BCUT2D eigenvalue weighted by molar-refractivity contribution is 0.0237. The van der Waals surface area contributed by atoms with Crippen molar-refractivity contribution in [3.05, 3.63) is 45.1 Å². The molecule has 24 heavy (non-hydrogen) atoms. The van der Waals surface area contributed by atoms with Gasteiger partial charge in [0, 0.05) is 25.2 Å². The number of hydrogen-bond donors (Lipinski definition) is 0. The molecule has 3 heterocycles. The summed E-state index contributed by atoms with van der Waals surface area (Å²) >= 11 is 6.41. The van der Waals surface area contributed by atoms with Crippen molar-refractivity contribution in [1.82, 2.24) is 9.80 Å². The summed E-state index contributed by atoms with van der Waals surface area (Å²) in [5.41, 5.74) is 0. The highest BCUT2D eigenvalue weighted by molar-refractivity contribution is 9.10. The molecule has 0 N–H and O–H groups in total. The zero-order valence-electron chi connectivity index (χ0n) is 13.2. The smallest absolute Gasteiger partial charge is 0.289 e. The van der Waals surface area contributed by atoms with Crippen molar-refractivity contribution in [3.8, 4) is 0 Å². The van der Waals surface area contributed by atoms with Gasteiger partial charge in [0.1, 0.15) is 0 Å². The molecule has 2 amide bonds. The van der Waals surface area contributed by atoms with Gasteiger partial charge in [-0.05, 0) is 70.0 Å². The number of furan rings is 2. The normalized spacial score (nSPS) is 21.2. The Labute approximate surface area is 156 Å². The average molecular weight is 460 g/mol. The number of rotatable bonds is 2.